The number of hydrogen-bond donors (Lipinski definition) is 1. The molecule has 3 rings (SSSR count). The van der Waals surface area contributed by atoms with E-state index in [0.717, 1.165) is 34.5 Å². The van der Waals surface area contributed by atoms with Gasteiger partial charge in [-0.15, -0.1) is 0 Å². The predicted molar refractivity (Wildman–Crippen MR) is 114 cm³/mol. The van der Waals surface area contributed by atoms with Gasteiger partial charge in [-0.2, -0.15) is 0 Å². The normalized spacial score (nSPS) is 11.1. The molecule has 0 aliphatic heterocycles. The summed E-state index contributed by atoms with van der Waals surface area (Å²) in [4.78, 5) is 0. The Morgan fingerprint density at radius 1 is 1.14 bits per heavy atom. The molecule has 0 bridgehead atoms. The number of hydrogen-bond acceptors (Lipinski definition) is 4. The fourth-order valence-electron chi connectivity index (χ4n) is 3.02. The van der Waals surface area contributed by atoms with E-state index in [1.54, 1.807) is 31.4 Å². The molecule has 0 fully saturated rings. The number of methoxy groups -OCH3 is 1. The molecule has 0 aliphatic rings. The van der Waals surface area contributed by atoms with Crippen molar-refractivity contribution in [1.29, 1.82) is 0 Å². The van der Waals surface area contributed by atoms with Crippen LogP contribution in [0.4, 0.5) is 11.4 Å². The van der Waals surface area contributed by atoms with Crippen LogP contribution in [0.15, 0.2) is 42.5 Å². The zero-order chi connectivity index (χ0) is 20.5. The molecular weight excluding hydrogens is 374 g/mol. The van der Waals surface area contributed by atoms with E-state index in [9.17, 15) is 8.42 Å². The minimum Gasteiger partial charge on any atom is -0.497 e. The molecule has 2 N–H and O–H groups in total. The van der Waals surface area contributed by atoms with Crippen molar-refractivity contribution in [3.05, 3.63) is 53.7 Å². The zero-order valence-corrected chi connectivity index (χ0v) is 17.2. The number of anilines is 2. The van der Waals surface area contributed by atoms with Crippen molar-refractivity contribution in [3.8, 4) is 17.6 Å². The van der Waals surface area contributed by atoms with Crippen LogP contribution < -0.4 is 14.8 Å². The number of sulfonamides is 1. The van der Waals surface area contributed by atoms with Crippen molar-refractivity contribution in [2.45, 2.75) is 13.5 Å². The number of aromatic nitrogens is 1. The molecule has 2 aromatic carbocycles. The number of benzene rings is 2. The quantitative estimate of drug-likeness (QED) is 0.687. The Labute approximate surface area is 165 Å². The van der Waals surface area contributed by atoms with E-state index in [0.29, 0.717) is 11.4 Å². The maximum absolute atomic E-state index is 11.6. The van der Waals surface area contributed by atoms with E-state index >= 15 is 0 Å². The molecule has 0 radical (unpaired) electrons. The minimum absolute atomic E-state index is 0.585. The SMILES string of the molecule is CCn1c(C#Cc2ccc(N(C)S(C)(=O)=O)cc2)c(N)c2ccc(OC)cc21. The van der Waals surface area contributed by atoms with Crippen molar-refractivity contribution < 1.29 is 13.2 Å². The van der Waals surface area contributed by atoms with Crippen molar-refractivity contribution in [2.75, 3.05) is 30.5 Å². The molecule has 0 amide bonds. The van der Waals surface area contributed by atoms with Gasteiger partial charge in [-0.3, -0.25) is 4.31 Å². The second kappa shape index (κ2) is 7.49. The lowest BCUT2D eigenvalue weighted by molar-refractivity contribution is 0.415. The number of ether oxygens (including phenoxy) is 1. The first-order chi connectivity index (χ1) is 13.3. The molecule has 28 heavy (non-hydrogen) atoms. The van der Waals surface area contributed by atoms with Gasteiger partial charge in [-0.25, -0.2) is 8.42 Å². The maximum Gasteiger partial charge on any atom is 0.231 e. The Morgan fingerprint density at radius 3 is 2.39 bits per heavy atom. The average Bonchev–Trinajstić information content (AvgIpc) is 2.95. The molecule has 0 spiro atoms. The fraction of sp³-hybridized carbons (Fsp3) is 0.238. The van der Waals surface area contributed by atoms with Crippen LogP contribution in [0.5, 0.6) is 5.75 Å². The van der Waals surface area contributed by atoms with Gasteiger partial charge in [0.15, 0.2) is 0 Å². The Morgan fingerprint density at radius 2 is 1.82 bits per heavy atom. The standard InChI is InChI=1S/C21H23N3O3S/c1-5-24-19(21(22)18-12-11-17(27-3)14-20(18)24)13-8-15-6-9-16(10-7-15)23(2)28(4,25)26/h6-7,9-12,14H,5,22H2,1-4H3. The average molecular weight is 398 g/mol. The summed E-state index contributed by atoms with van der Waals surface area (Å²) in [6.07, 6.45) is 1.17. The summed E-state index contributed by atoms with van der Waals surface area (Å²) in [5.41, 5.74) is 10.1. The summed E-state index contributed by atoms with van der Waals surface area (Å²) in [6, 6.07) is 12.8. The molecule has 0 aliphatic carbocycles. The number of nitrogens with zero attached hydrogens (tertiary/aromatic N) is 2. The smallest absolute Gasteiger partial charge is 0.231 e. The molecule has 0 saturated carbocycles. The molecule has 6 nitrogen and oxygen atoms in total. The summed E-state index contributed by atoms with van der Waals surface area (Å²) in [6.45, 7) is 2.77. The third-order valence-electron chi connectivity index (χ3n) is 4.68. The molecular formula is C21H23N3O3S. The third-order valence-corrected chi connectivity index (χ3v) is 5.89. The highest BCUT2D eigenvalue weighted by Crippen LogP contribution is 2.31. The lowest BCUT2D eigenvalue weighted by Gasteiger charge is -2.16. The number of rotatable bonds is 4. The Hall–Kier alpha value is -3.11. The lowest BCUT2D eigenvalue weighted by atomic mass is 10.2. The van der Waals surface area contributed by atoms with Crippen LogP contribution in [-0.2, 0) is 16.6 Å². The van der Waals surface area contributed by atoms with Crippen LogP contribution in [0.1, 0.15) is 18.2 Å². The number of nitrogen functional groups attached to an aromatic ring is 1. The van der Waals surface area contributed by atoms with E-state index < -0.39 is 10.0 Å². The highest BCUT2D eigenvalue weighted by molar-refractivity contribution is 7.92. The Kier molecular flexibility index (Phi) is 5.25. The van der Waals surface area contributed by atoms with Crippen LogP contribution in [0.2, 0.25) is 0 Å². The molecule has 0 atom stereocenters. The molecule has 3 aromatic rings. The Bertz CT molecular complexity index is 1180. The van der Waals surface area contributed by atoms with Gasteiger partial charge >= 0.3 is 0 Å². The summed E-state index contributed by atoms with van der Waals surface area (Å²) in [7, 11) is -0.139. The molecule has 146 valence electrons. The van der Waals surface area contributed by atoms with Gasteiger partial charge in [0.05, 0.1) is 30.3 Å². The minimum atomic E-state index is -3.29. The molecule has 0 saturated heterocycles. The van der Waals surface area contributed by atoms with E-state index in [-0.39, 0.29) is 0 Å². The number of nitrogens with two attached hydrogens (primary N) is 1. The van der Waals surface area contributed by atoms with Crippen molar-refractivity contribution >= 4 is 32.3 Å². The fourth-order valence-corrected chi connectivity index (χ4v) is 3.53. The Balaban J connectivity index is 2.00. The van der Waals surface area contributed by atoms with E-state index in [4.69, 9.17) is 10.5 Å². The van der Waals surface area contributed by atoms with Crippen LogP contribution >= 0.6 is 0 Å². The number of aryl methyl sites for hydroxylation is 1. The highest BCUT2D eigenvalue weighted by atomic mass is 32.2. The van der Waals surface area contributed by atoms with Gasteiger partial charge in [0.1, 0.15) is 11.4 Å². The van der Waals surface area contributed by atoms with E-state index in [1.807, 2.05) is 25.1 Å². The second-order valence-electron chi connectivity index (χ2n) is 6.42. The third kappa shape index (κ3) is 3.64. The molecule has 0 unspecified atom stereocenters. The predicted octanol–water partition coefficient (Wildman–Crippen LogP) is 3.05. The summed E-state index contributed by atoms with van der Waals surface area (Å²) >= 11 is 0. The monoisotopic (exact) mass is 397 g/mol. The first kappa shape index (κ1) is 19.6. The van der Waals surface area contributed by atoms with Crippen LogP contribution in [0.3, 0.4) is 0 Å². The topological polar surface area (TPSA) is 77.6 Å². The largest absolute Gasteiger partial charge is 0.497 e. The van der Waals surface area contributed by atoms with Crippen LogP contribution in [-0.4, -0.2) is 33.4 Å². The van der Waals surface area contributed by atoms with Crippen LogP contribution in [0.25, 0.3) is 10.9 Å². The van der Waals surface area contributed by atoms with E-state index in [1.165, 1.54) is 17.6 Å². The van der Waals surface area contributed by atoms with Crippen molar-refractivity contribution in [1.82, 2.24) is 4.57 Å². The molecule has 1 heterocycles. The van der Waals surface area contributed by atoms with Gasteiger partial charge in [0, 0.05) is 30.6 Å². The van der Waals surface area contributed by atoms with Crippen molar-refractivity contribution in [3.63, 3.8) is 0 Å². The van der Waals surface area contributed by atoms with Gasteiger partial charge < -0.3 is 15.0 Å². The van der Waals surface area contributed by atoms with Gasteiger partial charge in [0.2, 0.25) is 10.0 Å². The number of fused-ring (bicyclic) bond motifs is 1. The highest BCUT2D eigenvalue weighted by Gasteiger charge is 2.14. The maximum atomic E-state index is 11.6. The first-order valence-corrected chi connectivity index (χ1v) is 10.6. The van der Waals surface area contributed by atoms with E-state index in [2.05, 4.69) is 16.4 Å². The summed E-state index contributed by atoms with van der Waals surface area (Å²) in [5, 5.41) is 0.942. The molecule has 1 aromatic heterocycles. The summed E-state index contributed by atoms with van der Waals surface area (Å²) < 4.78 is 31.9. The summed E-state index contributed by atoms with van der Waals surface area (Å²) in [5.74, 6) is 7.06. The second-order valence-corrected chi connectivity index (χ2v) is 8.43. The van der Waals surface area contributed by atoms with Crippen LogP contribution in [0, 0.1) is 11.8 Å². The lowest BCUT2D eigenvalue weighted by Crippen LogP contribution is -2.24. The van der Waals surface area contributed by atoms with Gasteiger partial charge in [0.25, 0.3) is 0 Å². The van der Waals surface area contributed by atoms with Crippen molar-refractivity contribution in [2.24, 2.45) is 0 Å². The van der Waals surface area contributed by atoms with Gasteiger partial charge in [-0.05, 0) is 49.2 Å². The van der Waals surface area contributed by atoms with Gasteiger partial charge in [-0.1, -0.05) is 5.92 Å². The first-order valence-electron chi connectivity index (χ1n) is 8.78. The molecule has 7 heteroatoms. The zero-order valence-electron chi connectivity index (χ0n) is 16.4.